The van der Waals surface area contributed by atoms with Gasteiger partial charge in [-0.15, -0.1) is 11.3 Å². The summed E-state index contributed by atoms with van der Waals surface area (Å²) in [6.45, 7) is 0.919. The fourth-order valence-electron chi connectivity index (χ4n) is 2.74. The Morgan fingerprint density at radius 3 is 2.71 bits per heavy atom. The van der Waals surface area contributed by atoms with E-state index in [0.717, 1.165) is 12.6 Å². The molecule has 2 heterocycles. The Morgan fingerprint density at radius 2 is 2.00 bits per heavy atom. The van der Waals surface area contributed by atoms with Gasteiger partial charge >= 0.3 is 0 Å². The summed E-state index contributed by atoms with van der Waals surface area (Å²) >= 11 is 3.99. The summed E-state index contributed by atoms with van der Waals surface area (Å²) in [4.78, 5) is 6.37. The molecule has 1 saturated heterocycles. The fraction of sp³-hybridized carbons (Fsp3) is 0.471. The van der Waals surface area contributed by atoms with E-state index in [1.165, 1.54) is 52.6 Å². The van der Waals surface area contributed by atoms with Gasteiger partial charge in [0.2, 0.25) is 0 Å². The minimum absolute atomic E-state index is 0.632. The van der Waals surface area contributed by atoms with Crippen molar-refractivity contribution >= 4 is 23.1 Å². The molecule has 2 fully saturated rings. The Kier molecular flexibility index (Phi) is 4.01. The van der Waals surface area contributed by atoms with Gasteiger partial charge in [-0.05, 0) is 37.0 Å². The van der Waals surface area contributed by atoms with Gasteiger partial charge in [-0.1, -0.05) is 30.3 Å². The van der Waals surface area contributed by atoms with Crippen LogP contribution in [0.15, 0.2) is 30.3 Å². The molecule has 1 unspecified atom stereocenters. The number of aromatic nitrogens is 1. The van der Waals surface area contributed by atoms with Gasteiger partial charge in [0.15, 0.2) is 0 Å². The molecule has 2 aliphatic rings. The number of hydrogen-bond acceptors (Lipinski definition) is 4. The van der Waals surface area contributed by atoms with Crippen molar-refractivity contribution in [3.63, 3.8) is 0 Å². The highest BCUT2D eigenvalue weighted by molar-refractivity contribution is 7.99. The van der Waals surface area contributed by atoms with Crippen LogP contribution in [-0.4, -0.2) is 16.8 Å². The molecule has 2 nitrogen and oxygen atoms in total. The van der Waals surface area contributed by atoms with E-state index in [2.05, 4.69) is 47.4 Å². The number of hydrogen-bond donors (Lipinski definition) is 1. The lowest BCUT2D eigenvalue weighted by Crippen LogP contribution is -2.16. The Labute approximate surface area is 134 Å². The van der Waals surface area contributed by atoms with Crippen LogP contribution >= 0.6 is 23.1 Å². The SMILES string of the molecule is c1ccc(-c2sc(C3CCCS3)nc2CNC2CC2)cc1. The lowest BCUT2D eigenvalue weighted by Gasteiger charge is -2.03. The summed E-state index contributed by atoms with van der Waals surface area (Å²) in [7, 11) is 0. The highest BCUT2D eigenvalue weighted by Crippen LogP contribution is 2.44. The van der Waals surface area contributed by atoms with Crippen molar-refractivity contribution in [2.24, 2.45) is 0 Å². The summed E-state index contributed by atoms with van der Waals surface area (Å²) in [5, 5.41) is 5.59. The van der Waals surface area contributed by atoms with Crippen LogP contribution in [0.1, 0.15) is 41.6 Å². The van der Waals surface area contributed by atoms with Crippen LogP contribution in [0.2, 0.25) is 0 Å². The van der Waals surface area contributed by atoms with Crippen LogP contribution in [0.3, 0.4) is 0 Å². The number of nitrogens with zero attached hydrogens (tertiary/aromatic N) is 1. The Hall–Kier alpha value is -0.840. The lowest BCUT2D eigenvalue weighted by atomic mass is 10.1. The molecular formula is C17H20N2S2. The van der Waals surface area contributed by atoms with E-state index in [-0.39, 0.29) is 0 Å². The predicted octanol–water partition coefficient (Wildman–Crippen LogP) is 4.63. The normalized spacial score (nSPS) is 21.8. The maximum absolute atomic E-state index is 5.00. The number of nitrogens with one attached hydrogen (secondary N) is 1. The molecule has 1 aliphatic carbocycles. The van der Waals surface area contributed by atoms with Crippen LogP contribution in [0.5, 0.6) is 0 Å². The summed E-state index contributed by atoms with van der Waals surface area (Å²) in [6.07, 6.45) is 5.29. The molecule has 0 radical (unpaired) electrons. The second kappa shape index (κ2) is 6.11. The Bertz CT molecular complexity index is 599. The summed E-state index contributed by atoms with van der Waals surface area (Å²) in [5.74, 6) is 1.29. The second-order valence-electron chi connectivity index (χ2n) is 5.85. The minimum Gasteiger partial charge on any atom is -0.308 e. The zero-order chi connectivity index (χ0) is 14.1. The van der Waals surface area contributed by atoms with E-state index in [1.54, 1.807) is 0 Å². The monoisotopic (exact) mass is 316 g/mol. The molecule has 0 spiro atoms. The quantitative estimate of drug-likeness (QED) is 0.870. The van der Waals surface area contributed by atoms with Gasteiger partial charge in [-0.2, -0.15) is 11.8 Å². The molecule has 0 bridgehead atoms. The van der Waals surface area contributed by atoms with Crippen molar-refractivity contribution in [3.05, 3.63) is 41.0 Å². The van der Waals surface area contributed by atoms with E-state index >= 15 is 0 Å². The number of rotatable bonds is 5. The molecule has 0 amide bonds. The molecule has 1 aromatic heterocycles. The van der Waals surface area contributed by atoms with Gasteiger partial charge in [-0.3, -0.25) is 0 Å². The zero-order valence-electron chi connectivity index (χ0n) is 12.0. The van der Waals surface area contributed by atoms with Crippen molar-refractivity contribution in [1.82, 2.24) is 10.3 Å². The van der Waals surface area contributed by atoms with Crippen LogP contribution < -0.4 is 5.32 Å². The smallest absolute Gasteiger partial charge is 0.107 e. The van der Waals surface area contributed by atoms with Crippen LogP contribution in [0.25, 0.3) is 10.4 Å². The average Bonchev–Trinajstić information content (AvgIpc) is 3.03. The standard InChI is InChI=1S/C17H20N2S2/c1-2-5-12(6-3-1)16-14(11-18-13-8-9-13)19-17(21-16)15-7-4-10-20-15/h1-3,5-6,13,15,18H,4,7-11H2. The molecular weight excluding hydrogens is 296 g/mol. The third-order valence-electron chi connectivity index (χ3n) is 4.09. The number of benzene rings is 1. The summed E-state index contributed by atoms with van der Waals surface area (Å²) in [5.41, 5.74) is 2.57. The minimum atomic E-state index is 0.632. The second-order valence-corrected chi connectivity index (χ2v) is 8.19. The van der Waals surface area contributed by atoms with E-state index in [9.17, 15) is 0 Å². The first-order valence-corrected chi connectivity index (χ1v) is 9.66. The van der Waals surface area contributed by atoms with Crippen LogP contribution in [0, 0.1) is 0 Å². The topological polar surface area (TPSA) is 24.9 Å². The molecule has 1 atom stereocenters. The summed E-state index contributed by atoms with van der Waals surface area (Å²) < 4.78 is 0. The molecule has 1 saturated carbocycles. The zero-order valence-corrected chi connectivity index (χ0v) is 13.7. The first-order chi connectivity index (χ1) is 10.4. The average molecular weight is 316 g/mol. The number of thiazole rings is 1. The highest BCUT2D eigenvalue weighted by atomic mass is 32.2. The Morgan fingerprint density at radius 1 is 1.14 bits per heavy atom. The summed E-state index contributed by atoms with van der Waals surface area (Å²) in [6, 6.07) is 11.5. The van der Waals surface area contributed by atoms with E-state index in [4.69, 9.17) is 4.98 Å². The molecule has 1 aliphatic heterocycles. The van der Waals surface area contributed by atoms with Crippen molar-refractivity contribution in [1.29, 1.82) is 0 Å². The lowest BCUT2D eigenvalue weighted by molar-refractivity contribution is 0.675. The molecule has 4 rings (SSSR count). The van der Waals surface area contributed by atoms with Gasteiger partial charge < -0.3 is 5.32 Å². The first kappa shape index (κ1) is 13.8. The van der Waals surface area contributed by atoms with Crippen LogP contribution in [-0.2, 0) is 6.54 Å². The number of thioether (sulfide) groups is 1. The van der Waals surface area contributed by atoms with E-state index in [0.29, 0.717) is 5.25 Å². The first-order valence-electron chi connectivity index (χ1n) is 7.80. The molecule has 4 heteroatoms. The maximum Gasteiger partial charge on any atom is 0.107 e. The van der Waals surface area contributed by atoms with E-state index in [1.807, 2.05) is 11.3 Å². The Balaban J connectivity index is 1.64. The molecule has 1 aromatic carbocycles. The third-order valence-corrected chi connectivity index (χ3v) is 6.89. The fourth-order valence-corrected chi connectivity index (χ4v) is 5.34. The molecule has 1 N–H and O–H groups in total. The van der Waals surface area contributed by atoms with Gasteiger partial charge in [-0.25, -0.2) is 4.98 Å². The van der Waals surface area contributed by atoms with Gasteiger partial charge in [0.05, 0.1) is 15.8 Å². The molecule has 2 aromatic rings. The maximum atomic E-state index is 5.00. The largest absolute Gasteiger partial charge is 0.308 e. The van der Waals surface area contributed by atoms with Crippen molar-refractivity contribution in [2.75, 3.05) is 5.75 Å². The van der Waals surface area contributed by atoms with Crippen molar-refractivity contribution < 1.29 is 0 Å². The highest BCUT2D eigenvalue weighted by Gasteiger charge is 2.25. The third kappa shape index (κ3) is 3.17. The van der Waals surface area contributed by atoms with Gasteiger partial charge in [0.25, 0.3) is 0 Å². The molecule has 110 valence electrons. The molecule has 21 heavy (non-hydrogen) atoms. The van der Waals surface area contributed by atoms with Crippen molar-refractivity contribution in [2.45, 2.75) is 43.5 Å². The predicted molar refractivity (Wildman–Crippen MR) is 91.8 cm³/mol. The van der Waals surface area contributed by atoms with Gasteiger partial charge in [0, 0.05) is 12.6 Å². The van der Waals surface area contributed by atoms with Gasteiger partial charge in [0.1, 0.15) is 5.01 Å². The van der Waals surface area contributed by atoms with E-state index < -0.39 is 0 Å². The van der Waals surface area contributed by atoms with Crippen molar-refractivity contribution in [3.8, 4) is 10.4 Å². The van der Waals surface area contributed by atoms with Crippen LogP contribution in [0.4, 0.5) is 0 Å².